The summed E-state index contributed by atoms with van der Waals surface area (Å²) in [4.78, 5) is 40.9. The van der Waals surface area contributed by atoms with Crippen LogP contribution in [0.15, 0.2) is 56.3 Å². The van der Waals surface area contributed by atoms with Crippen LogP contribution in [0, 0.1) is 0 Å². The Morgan fingerprint density at radius 1 is 1.10 bits per heavy atom. The number of hydrogen-bond donors (Lipinski definition) is 4. The molecule has 2 aromatic heterocycles. The second-order valence-electron chi connectivity index (χ2n) is 6.22. The van der Waals surface area contributed by atoms with Crippen LogP contribution in [0.4, 0.5) is 15.8 Å². The molecule has 4 rings (SSSR count). The number of para-hydroxylation sites is 1. The molecule has 0 spiro atoms. The first-order valence-electron chi connectivity index (χ1n) is 8.59. The van der Waals surface area contributed by atoms with Crippen LogP contribution in [-0.2, 0) is 4.79 Å². The molecule has 30 heavy (non-hydrogen) atoms. The molecule has 4 N–H and O–H groups in total. The molecule has 0 unspecified atom stereocenters. The Bertz CT molecular complexity index is 1330. The van der Waals surface area contributed by atoms with Crippen LogP contribution in [0.2, 0.25) is 0 Å². The summed E-state index contributed by atoms with van der Waals surface area (Å²) in [5, 5.41) is 9.51. The van der Waals surface area contributed by atoms with Gasteiger partial charge in [-0.05, 0) is 30.3 Å². The van der Waals surface area contributed by atoms with Crippen LogP contribution in [-0.4, -0.2) is 33.6 Å². The van der Waals surface area contributed by atoms with E-state index in [4.69, 9.17) is 0 Å². The third kappa shape index (κ3) is 3.87. The summed E-state index contributed by atoms with van der Waals surface area (Å²) in [5.41, 5.74) is 1.89. The van der Waals surface area contributed by atoms with Gasteiger partial charge in [-0.2, -0.15) is 0 Å². The fraction of sp³-hybridized carbons (Fsp3) is 0.0526. The van der Waals surface area contributed by atoms with Crippen molar-refractivity contribution < 1.29 is 18.5 Å². The van der Waals surface area contributed by atoms with Gasteiger partial charge in [0.1, 0.15) is 5.69 Å². The van der Waals surface area contributed by atoms with Gasteiger partial charge in [0, 0.05) is 15.4 Å². The van der Waals surface area contributed by atoms with E-state index in [0.29, 0.717) is 32.3 Å². The minimum Gasteiger partial charge on any atom is -0.349 e. The number of alkyl halides is 1. The van der Waals surface area contributed by atoms with Crippen LogP contribution in [0.1, 0.15) is 10.5 Å². The van der Waals surface area contributed by atoms with Crippen LogP contribution in [0.25, 0.3) is 22.3 Å². The van der Waals surface area contributed by atoms with Gasteiger partial charge < -0.3 is 15.6 Å². The van der Waals surface area contributed by atoms with E-state index in [-0.39, 0.29) is 11.5 Å². The molecule has 0 fully saturated rings. The molecule has 0 radical (unpaired) electrons. The van der Waals surface area contributed by atoms with Gasteiger partial charge in [0.15, 0.2) is 12.5 Å². The Labute approximate surface area is 175 Å². The number of halogens is 2. The van der Waals surface area contributed by atoms with E-state index in [1.807, 2.05) is 0 Å². The van der Waals surface area contributed by atoms with Gasteiger partial charge in [-0.15, -0.1) is 0 Å². The lowest BCUT2D eigenvalue weighted by atomic mass is 10.1. The molecule has 0 aliphatic carbocycles. The predicted octanol–water partition coefficient (Wildman–Crippen LogP) is 3.43. The number of aromatic amines is 2. The lowest BCUT2D eigenvalue weighted by Gasteiger charge is -2.09. The molecule has 11 heteroatoms. The lowest BCUT2D eigenvalue weighted by molar-refractivity contribution is -0.117. The number of hydrogen-bond acceptors (Lipinski definition) is 5. The molecule has 9 nitrogen and oxygen atoms in total. The highest BCUT2D eigenvalue weighted by atomic mass is 79.9. The third-order valence-corrected chi connectivity index (χ3v) is 4.71. The number of amides is 2. The Kier molecular flexibility index (Phi) is 5.19. The molecule has 0 bridgehead atoms. The van der Waals surface area contributed by atoms with E-state index < -0.39 is 24.2 Å². The Morgan fingerprint density at radius 2 is 1.93 bits per heavy atom. The van der Waals surface area contributed by atoms with Crippen molar-refractivity contribution in [2.45, 2.75) is 0 Å². The number of carbonyl (C=O) groups excluding carboxylic acids is 2. The molecule has 0 aliphatic rings. The molecule has 0 saturated heterocycles. The number of nitrogens with one attached hydrogen (secondary N) is 4. The molecule has 0 aliphatic heterocycles. The summed E-state index contributed by atoms with van der Waals surface area (Å²) in [6.45, 7) is -1.15. The average molecular weight is 474 g/mol. The van der Waals surface area contributed by atoms with Crippen LogP contribution >= 0.6 is 15.9 Å². The number of H-pyrrole nitrogens is 2. The molecule has 2 amide bonds. The number of benzene rings is 2. The zero-order chi connectivity index (χ0) is 21.3. The zero-order valence-corrected chi connectivity index (χ0v) is 16.7. The quantitative estimate of drug-likeness (QED) is 0.352. The first-order valence-corrected chi connectivity index (χ1v) is 9.38. The Balaban J connectivity index is 1.67. The van der Waals surface area contributed by atoms with Crippen molar-refractivity contribution in [2.75, 3.05) is 17.3 Å². The number of aromatic nitrogens is 3. The second-order valence-corrected chi connectivity index (χ2v) is 7.14. The van der Waals surface area contributed by atoms with Crippen molar-refractivity contribution in [1.29, 1.82) is 0 Å². The van der Waals surface area contributed by atoms with Gasteiger partial charge in [-0.1, -0.05) is 33.2 Å². The molecule has 0 atom stereocenters. The van der Waals surface area contributed by atoms with E-state index in [1.54, 1.807) is 42.5 Å². The van der Waals surface area contributed by atoms with Crippen molar-refractivity contribution in [3.63, 3.8) is 0 Å². The SMILES string of the molecule is O=C(CF)Nc1cccc2cc(C(=O)Nc3ccc(Br)cc3-c3noc(=O)[nH]3)[nH]c12. The zero-order valence-electron chi connectivity index (χ0n) is 15.1. The average Bonchev–Trinajstić information content (AvgIpc) is 3.36. The van der Waals surface area contributed by atoms with E-state index >= 15 is 0 Å². The van der Waals surface area contributed by atoms with Gasteiger partial charge in [0.05, 0.1) is 16.9 Å². The molecular formula is C19H13BrFN5O4. The van der Waals surface area contributed by atoms with E-state index in [2.05, 4.69) is 46.2 Å². The molecule has 152 valence electrons. The highest BCUT2D eigenvalue weighted by Gasteiger charge is 2.17. The van der Waals surface area contributed by atoms with Crippen LogP contribution < -0.4 is 16.4 Å². The number of rotatable bonds is 5. The van der Waals surface area contributed by atoms with Crippen molar-refractivity contribution >= 4 is 50.0 Å². The van der Waals surface area contributed by atoms with Gasteiger partial charge >= 0.3 is 5.76 Å². The number of nitrogens with zero attached hydrogens (tertiary/aromatic N) is 1. The van der Waals surface area contributed by atoms with Crippen molar-refractivity contribution in [3.8, 4) is 11.4 Å². The van der Waals surface area contributed by atoms with Crippen molar-refractivity contribution in [2.24, 2.45) is 0 Å². The summed E-state index contributed by atoms with van der Waals surface area (Å²) in [7, 11) is 0. The predicted molar refractivity (Wildman–Crippen MR) is 111 cm³/mol. The summed E-state index contributed by atoms with van der Waals surface area (Å²) >= 11 is 3.34. The van der Waals surface area contributed by atoms with E-state index in [9.17, 15) is 18.8 Å². The van der Waals surface area contributed by atoms with Crippen molar-refractivity contribution in [3.05, 3.63) is 63.2 Å². The number of carbonyl (C=O) groups is 2. The smallest absolute Gasteiger partial charge is 0.349 e. The van der Waals surface area contributed by atoms with E-state index in [0.717, 1.165) is 0 Å². The summed E-state index contributed by atoms with van der Waals surface area (Å²) < 4.78 is 17.8. The normalized spacial score (nSPS) is 10.9. The minimum atomic E-state index is -1.15. The van der Waals surface area contributed by atoms with Gasteiger partial charge in [-0.3, -0.25) is 19.1 Å². The van der Waals surface area contributed by atoms with E-state index in [1.165, 1.54) is 0 Å². The standard InChI is InChI=1S/C19H13BrFN5O4/c20-10-4-5-12(11(7-10)17-25-19(29)30-26-17)24-18(28)14-6-9-2-1-3-13(16(9)23-14)22-15(27)8-21/h1-7,23H,8H2,(H,22,27)(H,24,28)(H,25,26,29). The fourth-order valence-electron chi connectivity index (χ4n) is 2.92. The summed E-state index contributed by atoms with van der Waals surface area (Å²) in [5.74, 6) is -1.82. The lowest BCUT2D eigenvalue weighted by Crippen LogP contribution is -2.14. The Hall–Kier alpha value is -3.73. The number of fused-ring (bicyclic) bond motifs is 1. The van der Waals surface area contributed by atoms with Crippen LogP contribution in [0.3, 0.4) is 0 Å². The largest absolute Gasteiger partial charge is 0.439 e. The second kappa shape index (κ2) is 7.95. The van der Waals surface area contributed by atoms with Gasteiger partial charge in [-0.25, -0.2) is 9.18 Å². The fourth-order valence-corrected chi connectivity index (χ4v) is 3.28. The molecule has 0 saturated carbocycles. The maximum Gasteiger partial charge on any atom is 0.439 e. The van der Waals surface area contributed by atoms with Gasteiger partial charge in [0.25, 0.3) is 11.8 Å². The highest BCUT2D eigenvalue weighted by molar-refractivity contribution is 9.10. The topological polar surface area (TPSA) is 133 Å². The Morgan fingerprint density at radius 3 is 2.67 bits per heavy atom. The molecular weight excluding hydrogens is 461 g/mol. The molecule has 2 aromatic carbocycles. The summed E-state index contributed by atoms with van der Waals surface area (Å²) in [6.07, 6.45) is 0. The first kappa shape index (κ1) is 19.6. The first-order chi connectivity index (χ1) is 14.4. The van der Waals surface area contributed by atoms with Crippen molar-refractivity contribution in [1.82, 2.24) is 15.1 Å². The highest BCUT2D eigenvalue weighted by Crippen LogP contribution is 2.29. The van der Waals surface area contributed by atoms with Gasteiger partial charge in [0.2, 0.25) is 0 Å². The maximum absolute atomic E-state index is 12.8. The molecule has 4 aromatic rings. The number of anilines is 2. The van der Waals surface area contributed by atoms with Crippen LogP contribution in [0.5, 0.6) is 0 Å². The summed E-state index contributed by atoms with van der Waals surface area (Å²) in [6, 6.07) is 11.7. The molecule has 2 heterocycles. The maximum atomic E-state index is 12.8. The third-order valence-electron chi connectivity index (χ3n) is 4.22. The minimum absolute atomic E-state index is 0.157. The monoisotopic (exact) mass is 473 g/mol.